The molecular weight excluding hydrogens is 320 g/mol. The Labute approximate surface area is 125 Å². The van der Waals surface area contributed by atoms with Crippen molar-refractivity contribution in [3.8, 4) is 11.3 Å². The topological polar surface area (TPSA) is 38.9 Å². The number of hydrogen-bond acceptors (Lipinski definition) is 3. The number of thiazole rings is 1. The van der Waals surface area contributed by atoms with Crippen molar-refractivity contribution in [1.29, 1.82) is 0 Å². The first-order valence-corrected chi connectivity index (χ1v) is 8.34. The lowest BCUT2D eigenvalue weighted by Crippen LogP contribution is -2.32. The van der Waals surface area contributed by atoms with E-state index in [1.165, 1.54) is 34.5 Å². The summed E-state index contributed by atoms with van der Waals surface area (Å²) < 4.78 is 1.15. The first kappa shape index (κ1) is 12.1. The molecule has 2 aromatic rings. The highest BCUT2D eigenvalue weighted by molar-refractivity contribution is 9.10. The van der Waals surface area contributed by atoms with Gasteiger partial charge in [-0.25, -0.2) is 4.98 Å². The summed E-state index contributed by atoms with van der Waals surface area (Å²) in [4.78, 5) is 6.28. The van der Waals surface area contributed by atoms with Crippen molar-refractivity contribution in [2.24, 2.45) is 5.73 Å². The van der Waals surface area contributed by atoms with Gasteiger partial charge in [0.2, 0.25) is 0 Å². The molecule has 2 aliphatic carbocycles. The predicted molar refractivity (Wildman–Crippen MR) is 82.4 cm³/mol. The van der Waals surface area contributed by atoms with Gasteiger partial charge in [-0.05, 0) is 30.5 Å². The number of hydrogen-bond donors (Lipinski definition) is 1. The van der Waals surface area contributed by atoms with Crippen molar-refractivity contribution in [3.05, 3.63) is 38.1 Å². The first-order valence-electron chi connectivity index (χ1n) is 6.74. The smallest absolute Gasteiger partial charge is 0.113 e. The molecule has 0 atom stereocenters. The number of halogens is 1. The Balaban J connectivity index is 1.79. The van der Waals surface area contributed by atoms with E-state index >= 15 is 0 Å². The SMILES string of the molecule is NC1(c2nc3c(s2)Cc2cc(Br)ccc2-3)CCCC1. The van der Waals surface area contributed by atoms with E-state index in [1.54, 1.807) is 0 Å². The molecule has 0 amide bonds. The van der Waals surface area contributed by atoms with E-state index < -0.39 is 0 Å². The van der Waals surface area contributed by atoms with Crippen LogP contribution in [0.2, 0.25) is 0 Å². The van der Waals surface area contributed by atoms with E-state index in [2.05, 4.69) is 34.1 Å². The molecule has 0 aliphatic heterocycles. The molecule has 1 aromatic heterocycles. The highest BCUT2D eigenvalue weighted by Gasteiger charge is 2.36. The first-order chi connectivity index (χ1) is 9.16. The van der Waals surface area contributed by atoms with E-state index in [0.717, 1.165) is 28.7 Å². The molecular formula is C15H15BrN2S. The van der Waals surface area contributed by atoms with Crippen LogP contribution in [-0.4, -0.2) is 4.98 Å². The van der Waals surface area contributed by atoms with Crippen molar-refractivity contribution >= 4 is 27.3 Å². The van der Waals surface area contributed by atoms with Crippen molar-refractivity contribution in [2.75, 3.05) is 0 Å². The lowest BCUT2D eigenvalue weighted by Gasteiger charge is -2.20. The lowest BCUT2D eigenvalue weighted by molar-refractivity contribution is 0.459. The molecule has 1 heterocycles. The molecule has 98 valence electrons. The minimum atomic E-state index is -0.148. The van der Waals surface area contributed by atoms with Gasteiger partial charge in [0.25, 0.3) is 0 Å². The molecule has 0 radical (unpaired) electrons. The standard InChI is InChI=1S/C15H15BrN2S/c16-10-3-4-11-9(7-10)8-12-13(11)18-14(19-12)15(17)5-1-2-6-15/h3-4,7H,1-2,5-6,8,17H2. The van der Waals surface area contributed by atoms with Crippen molar-refractivity contribution < 1.29 is 0 Å². The van der Waals surface area contributed by atoms with Crippen LogP contribution in [-0.2, 0) is 12.0 Å². The van der Waals surface area contributed by atoms with Crippen molar-refractivity contribution in [3.63, 3.8) is 0 Å². The number of fused-ring (bicyclic) bond motifs is 3. The molecule has 2 aliphatic rings. The van der Waals surface area contributed by atoms with Gasteiger partial charge in [0.15, 0.2) is 0 Å². The number of nitrogens with two attached hydrogens (primary N) is 1. The fourth-order valence-corrected chi connectivity index (χ4v) is 4.89. The minimum Gasteiger partial charge on any atom is -0.319 e. The fraction of sp³-hybridized carbons (Fsp3) is 0.400. The van der Waals surface area contributed by atoms with E-state index in [9.17, 15) is 0 Å². The van der Waals surface area contributed by atoms with Crippen LogP contribution in [0.4, 0.5) is 0 Å². The zero-order valence-corrected chi connectivity index (χ0v) is 13.0. The third kappa shape index (κ3) is 1.81. The molecule has 2 nitrogen and oxygen atoms in total. The number of aromatic nitrogens is 1. The Kier molecular flexibility index (Phi) is 2.63. The largest absolute Gasteiger partial charge is 0.319 e. The van der Waals surface area contributed by atoms with Crippen LogP contribution in [0.1, 0.15) is 41.1 Å². The van der Waals surface area contributed by atoms with Crippen LogP contribution in [0.3, 0.4) is 0 Å². The van der Waals surface area contributed by atoms with Gasteiger partial charge in [-0.1, -0.05) is 34.8 Å². The second kappa shape index (κ2) is 4.14. The van der Waals surface area contributed by atoms with Crippen LogP contribution in [0.15, 0.2) is 22.7 Å². The summed E-state index contributed by atoms with van der Waals surface area (Å²) in [5, 5.41) is 1.16. The third-order valence-corrected chi connectivity index (χ3v) is 6.06. The number of benzene rings is 1. The molecule has 2 N–H and O–H groups in total. The second-order valence-corrected chi connectivity index (χ2v) is 7.63. The molecule has 1 saturated carbocycles. The van der Waals surface area contributed by atoms with Gasteiger partial charge >= 0.3 is 0 Å². The summed E-state index contributed by atoms with van der Waals surface area (Å²) in [5.74, 6) is 0. The average Bonchev–Trinajstić information content (AvgIpc) is 3.02. The zero-order chi connectivity index (χ0) is 13.0. The molecule has 4 heteroatoms. The highest BCUT2D eigenvalue weighted by Crippen LogP contribution is 2.45. The Hall–Kier alpha value is -0.710. The monoisotopic (exact) mass is 334 g/mol. The Morgan fingerprint density at radius 3 is 2.84 bits per heavy atom. The summed E-state index contributed by atoms with van der Waals surface area (Å²) in [7, 11) is 0. The molecule has 19 heavy (non-hydrogen) atoms. The van der Waals surface area contributed by atoms with E-state index in [-0.39, 0.29) is 5.54 Å². The maximum atomic E-state index is 6.53. The fourth-order valence-electron chi connectivity index (χ4n) is 3.23. The summed E-state index contributed by atoms with van der Waals surface area (Å²) in [6, 6.07) is 6.48. The van der Waals surface area contributed by atoms with E-state index in [1.807, 2.05) is 11.3 Å². The quantitative estimate of drug-likeness (QED) is 0.724. The summed E-state index contributed by atoms with van der Waals surface area (Å²) in [6.07, 6.45) is 5.67. The molecule has 4 rings (SSSR count). The maximum Gasteiger partial charge on any atom is 0.113 e. The van der Waals surface area contributed by atoms with Gasteiger partial charge in [-0.2, -0.15) is 0 Å². The average molecular weight is 335 g/mol. The second-order valence-electron chi connectivity index (χ2n) is 5.63. The third-order valence-electron chi connectivity index (χ3n) is 4.29. The number of nitrogens with zero attached hydrogens (tertiary/aromatic N) is 1. The molecule has 0 unspecified atom stereocenters. The van der Waals surface area contributed by atoms with Crippen LogP contribution in [0, 0.1) is 0 Å². The van der Waals surface area contributed by atoms with Crippen LogP contribution in [0.25, 0.3) is 11.3 Å². The molecule has 1 fully saturated rings. The Bertz CT molecular complexity index is 656. The predicted octanol–water partition coefficient (Wildman–Crippen LogP) is 4.20. The normalized spacial score (nSPS) is 19.5. The van der Waals surface area contributed by atoms with Crippen LogP contribution < -0.4 is 5.73 Å². The summed E-state index contributed by atoms with van der Waals surface area (Å²) in [5.41, 5.74) is 10.2. The van der Waals surface area contributed by atoms with Gasteiger partial charge in [0, 0.05) is 21.3 Å². The molecule has 0 bridgehead atoms. The molecule has 0 saturated heterocycles. The van der Waals surface area contributed by atoms with Gasteiger partial charge in [0.05, 0.1) is 11.2 Å². The highest BCUT2D eigenvalue weighted by atomic mass is 79.9. The molecule has 0 spiro atoms. The lowest BCUT2D eigenvalue weighted by atomic mass is 10.0. The number of rotatable bonds is 1. The Morgan fingerprint density at radius 1 is 1.26 bits per heavy atom. The van der Waals surface area contributed by atoms with E-state index in [0.29, 0.717) is 0 Å². The molecule has 1 aromatic carbocycles. The van der Waals surface area contributed by atoms with Gasteiger partial charge in [-0.3, -0.25) is 0 Å². The summed E-state index contributed by atoms with van der Waals surface area (Å²) in [6.45, 7) is 0. The van der Waals surface area contributed by atoms with Gasteiger partial charge in [0.1, 0.15) is 5.01 Å². The summed E-state index contributed by atoms with van der Waals surface area (Å²) >= 11 is 5.37. The van der Waals surface area contributed by atoms with Crippen molar-refractivity contribution in [2.45, 2.75) is 37.6 Å². The van der Waals surface area contributed by atoms with Gasteiger partial charge < -0.3 is 5.73 Å². The minimum absolute atomic E-state index is 0.148. The Morgan fingerprint density at radius 2 is 2.05 bits per heavy atom. The van der Waals surface area contributed by atoms with Crippen LogP contribution >= 0.6 is 27.3 Å². The van der Waals surface area contributed by atoms with Gasteiger partial charge in [-0.15, -0.1) is 11.3 Å². The van der Waals surface area contributed by atoms with Crippen LogP contribution in [0.5, 0.6) is 0 Å². The zero-order valence-electron chi connectivity index (χ0n) is 10.6. The maximum absolute atomic E-state index is 6.53. The van der Waals surface area contributed by atoms with E-state index in [4.69, 9.17) is 10.7 Å². The van der Waals surface area contributed by atoms with Crippen molar-refractivity contribution in [1.82, 2.24) is 4.98 Å².